The van der Waals surface area contributed by atoms with Crippen molar-refractivity contribution in [2.45, 2.75) is 18.9 Å². The lowest BCUT2D eigenvalue weighted by molar-refractivity contribution is -0.119. The number of rotatable bonds is 3. The molecule has 4 heteroatoms. The second-order valence-corrected chi connectivity index (χ2v) is 8.07. The predicted octanol–water partition coefficient (Wildman–Crippen LogP) is 6.70. The highest BCUT2D eigenvalue weighted by Gasteiger charge is 2.33. The standard InChI is InChI=1S/C26H19ClFNO/c27-20-11-8-17(9-12-20)16-29-24-13-10-18-4-1-2-7-22(18)26(24)23(15-25(29)30)19-5-3-6-21(28)14-19/h1-14,23H,15-16H2. The number of benzene rings is 4. The molecule has 0 radical (unpaired) electrons. The molecule has 0 aliphatic carbocycles. The molecule has 0 bridgehead atoms. The highest BCUT2D eigenvalue weighted by molar-refractivity contribution is 6.30. The Bertz CT molecular complexity index is 1250. The van der Waals surface area contributed by atoms with E-state index in [0.29, 0.717) is 18.0 Å². The molecule has 0 saturated heterocycles. The molecular weight excluding hydrogens is 397 g/mol. The number of anilines is 1. The summed E-state index contributed by atoms with van der Waals surface area (Å²) in [6.45, 7) is 0.469. The average Bonchev–Trinajstić information content (AvgIpc) is 2.76. The van der Waals surface area contributed by atoms with Crippen molar-refractivity contribution in [1.29, 1.82) is 0 Å². The van der Waals surface area contributed by atoms with Crippen LogP contribution in [0.15, 0.2) is 84.9 Å². The fraction of sp³-hybridized carbons (Fsp3) is 0.115. The Morgan fingerprint density at radius 2 is 1.73 bits per heavy atom. The first kappa shape index (κ1) is 18.8. The van der Waals surface area contributed by atoms with Gasteiger partial charge in [-0.05, 0) is 57.8 Å². The molecule has 30 heavy (non-hydrogen) atoms. The number of halogens is 2. The van der Waals surface area contributed by atoms with Gasteiger partial charge in [0.05, 0.1) is 6.54 Å². The normalized spacial score (nSPS) is 16.0. The summed E-state index contributed by atoms with van der Waals surface area (Å²) in [7, 11) is 0. The van der Waals surface area contributed by atoms with E-state index < -0.39 is 0 Å². The van der Waals surface area contributed by atoms with Gasteiger partial charge in [-0.25, -0.2) is 4.39 Å². The van der Waals surface area contributed by atoms with Crippen LogP contribution in [-0.4, -0.2) is 5.91 Å². The van der Waals surface area contributed by atoms with E-state index in [1.165, 1.54) is 6.07 Å². The summed E-state index contributed by atoms with van der Waals surface area (Å²) < 4.78 is 14.0. The lowest BCUT2D eigenvalue weighted by Gasteiger charge is -2.35. The maximum atomic E-state index is 14.0. The highest BCUT2D eigenvalue weighted by atomic mass is 35.5. The van der Waals surface area contributed by atoms with Crippen LogP contribution in [0.5, 0.6) is 0 Å². The molecule has 1 atom stereocenters. The molecule has 0 saturated carbocycles. The van der Waals surface area contributed by atoms with Gasteiger partial charge in [0, 0.05) is 23.0 Å². The minimum atomic E-state index is -0.287. The SMILES string of the molecule is O=C1CC(c2cccc(F)c2)c2c(ccc3ccccc23)N1Cc1ccc(Cl)cc1. The molecule has 0 fully saturated rings. The highest BCUT2D eigenvalue weighted by Crippen LogP contribution is 2.44. The fourth-order valence-corrected chi connectivity index (χ4v) is 4.49. The molecular formula is C26H19ClFNO. The molecule has 0 spiro atoms. The van der Waals surface area contributed by atoms with Crippen LogP contribution in [0.4, 0.5) is 10.1 Å². The fourth-order valence-electron chi connectivity index (χ4n) is 4.36. The van der Waals surface area contributed by atoms with Gasteiger partial charge in [0.15, 0.2) is 0 Å². The van der Waals surface area contributed by atoms with E-state index in [4.69, 9.17) is 11.6 Å². The molecule has 0 N–H and O–H groups in total. The van der Waals surface area contributed by atoms with Crippen LogP contribution in [0.3, 0.4) is 0 Å². The predicted molar refractivity (Wildman–Crippen MR) is 119 cm³/mol. The summed E-state index contributed by atoms with van der Waals surface area (Å²) in [4.78, 5) is 15.1. The number of carbonyl (C=O) groups is 1. The molecule has 5 rings (SSSR count). The summed E-state index contributed by atoms with van der Waals surface area (Å²) in [6.07, 6.45) is 0.304. The summed E-state index contributed by atoms with van der Waals surface area (Å²) in [5.74, 6) is -0.442. The minimum absolute atomic E-state index is 0.0296. The van der Waals surface area contributed by atoms with Crippen LogP contribution in [0.25, 0.3) is 10.8 Å². The number of amides is 1. The molecule has 1 amide bonds. The minimum Gasteiger partial charge on any atom is -0.308 e. The molecule has 2 nitrogen and oxygen atoms in total. The first-order chi connectivity index (χ1) is 14.6. The number of fused-ring (bicyclic) bond motifs is 3. The van der Waals surface area contributed by atoms with Gasteiger partial charge in [-0.15, -0.1) is 0 Å². The smallest absolute Gasteiger partial charge is 0.228 e. The topological polar surface area (TPSA) is 20.3 Å². The van der Waals surface area contributed by atoms with E-state index in [0.717, 1.165) is 33.2 Å². The Morgan fingerprint density at radius 1 is 0.933 bits per heavy atom. The largest absolute Gasteiger partial charge is 0.308 e. The number of hydrogen-bond acceptors (Lipinski definition) is 1. The van der Waals surface area contributed by atoms with Gasteiger partial charge in [0.2, 0.25) is 5.91 Å². The maximum absolute atomic E-state index is 14.0. The number of nitrogens with zero attached hydrogens (tertiary/aromatic N) is 1. The van der Waals surface area contributed by atoms with Gasteiger partial charge < -0.3 is 4.90 Å². The second-order valence-electron chi connectivity index (χ2n) is 7.64. The Kier molecular flexibility index (Phi) is 4.76. The second kappa shape index (κ2) is 7.58. The zero-order valence-electron chi connectivity index (χ0n) is 16.2. The van der Waals surface area contributed by atoms with Crippen molar-refractivity contribution in [3.8, 4) is 0 Å². The van der Waals surface area contributed by atoms with Gasteiger partial charge in [-0.2, -0.15) is 0 Å². The zero-order valence-corrected chi connectivity index (χ0v) is 16.9. The number of hydrogen-bond donors (Lipinski definition) is 0. The molecule has 1 heterocycles. The monoisotopic (exact) mass is 415 g/mol. The Morgan fingerprint density at radius 3 is 2.53 bits per heavy atom. The van der Waals surface area contributed by atoms with Gasteiger partial charge in [0.1, 0.15) is 5.82 Å². The van der Waals surface area contributed by atoms with Crippen molar-refractivity contribution in [3.05, 3.63) is 112 Å². The Hall–Kier alpha value is -3.17. The molecule has 4 aromatic rings. The Labute approximate surface area is 179 Å². The molecule has 1 aliphatic rings. The first-order valence-electron chi connectivity index (χ1n) is 9.92. The summed E-state index contributed by atoms with van der Waals surface area (Å²) in [5.41, 5.74) is 3.80. The van der Waals surface area contributed by atoms with E-state index >= 15 is 0 Å². The third-order valence-corrected chi connectivity index (χ3v) is 6.02. The van der Waals surface area contributed by atoms with Gasteiger partial charge in [0.25, 0.3) is 0 Å². The van der Waals surface area contributed by atoms with Crippen LogP contribution in [-0.2, 0) is 11.3 Å². The van der Waals surface area contributed by atoms with Crippen LogP contribution < -0.4 is 4.90 Å². The molecule has 4 aromatic carbocycles. The van der Waals surface area contributed by atoms with Gasteiger partial charge in [-0.3, -0.25) is 4.79 Å². The maximum Gasteiger partial charge on any atom is 0.228 e. The van der Waals surface area contributed by atoms with E-state index in [9.17, 15) is 9.18 Å². The molecule has 1 aliphatic heterocycles. The molecule has 148 valence electrons. The van der Waals surface area contributed by atoms with E-state index in [-0.39, 0.29) is 17.6 Å². The zero-order chi connectivity index (χ0) is 20.7. The summed E-state index contributed by atoms with van der Waals surface area (Å²) in [5, 5.41) is 2.87. The van der Waals surface area contributed by atoms with Crippen LogP contribution in [0.1, 0.15) is 29.0 Å². The van der Waals surface area contributed by atoms with Gasteiger partial charge >= 0.3 is 0 Å². The van der Waals surface area contributed by atoms with Crippen LogP contribution in [0, 0.1) is 5.82 Å². The van der Waals surface area contributed by atoms with Gasteiger partial charge in [-0.1, -0.05) is 66.2 Å². The molecule has 0 aromatic heterocycles. The van der Waals surface area contributed by atoms with Crippen LogP contribution >= 0.6 is 11.6 Å². The number of carbonyl (C=O) groups excluding carboxylic acids is 1. The van der Waals surface area contributed by atoms with Crippen molar-refractivity contribution < 1.29 is 9.18 Å². The van der Waals surface area contributed by atoms with Crippen molar-refractivity contribution in [2.75, 3.05) is 4.90 Å². The quantitative estimate of drug-likeness (QED) is 0.364. The van der Waals surface area contributed by atoms with Crippen LogP contribution in [0.2, 0.25) is 5.02 Å². The third kappa shape index (κ3) is 3.35. The molecule has 1 unspecified atom stereocenters. The van der Waals surface area contributed by atoms with E-state index in [2.05, 4.69) is 12.1 Å². The lowest BCUT2D eigenvalue weighted by atomic mass is 9.81. The van der Waals surface area contributed by atoms with Crippen molar-refractivity contribution >= 4 is 34.0 Å². The summed E-state index contributed by atoms with van der Waals surface area (Å²) >= 11 is 6.02. The first-order valence-corrected chi connectivity index (χ1v) is 10.3. The lowest BCUT2D eigenvalue weighted by Crippen LogP contribution is -2.36. The Balaban J connectivity index is 1.68. The third-order valence-electron chi connectivity index (χ3n) is 5.77. The van der Waals surface area contributed by atoms with Crippen molar-refractivity contribution in [2.24, 2.45) is 0 Å². The average molecular weight is 416 g/mol. The van der Waals surface area contributed by atoms with Crippen molar-refractivity contribution in [3.63, 3.8) is 0 Å². The van der Waals surface area contributed by atoms with Crippen molar-refractivity contribution in [1.82, 2.24) is 0 Å². The van der Waals surface area contributed by atoms with E-state index in [1.807, 2.05) is 59.5 Å². The van der Waals surface area contributed by atoms with E-state index in [1.54, 1.807) is 12.1 Å². The summed E-state index contributed by atoms with van der Waals surface area (Å²) in [6, 6.07) is 26.4.